The van der Waals surface area contributed by atoms with Crippen LogP contribution >= 0.6 is 0 Å². The summed E-state index contributed by atoms with van der Waals surface area (Å²) < 4.78 is 2.37. The van der Waals surface area contributed by atoms with Crippen LogP contribution in [0.4, 0.5) is 0 Å². The maximum Gasteiger partial charge on any atom is 0.341 e. The number of carbonyl (C=O) groups excluding carboxylic acids is 1. The Labute approximate surface area is 256 Å². The molecule has 0 aromatic heterocycles. The van der Waals surface area contributed by atoms with Gasteiger partial charge in [0.1, 0.15) is 6.15 Å². The van der Waals surface area contributed by atoms with Gasteiger partial charge in [-0.25, -0.2) is 4.79 Å². The predicted molar refractivity (Wildman–Crippen MR) is 181 cm³/mol. The van der Waals surface area contributed by atoms with Crippen LogP contribution in [0.25, 0.3) is 0 Å². The number of hydrogen-bond acceptors (Lipinski definition) is 1. The largest absolute Gasteiger partial charge is 0.341 e. The molecule has 0 fully saturated rings. The fourth-order valence-corrected chi connectivity index (χ4v) is 7.11. The highest BCUT2D eigenvalue weighted by molar-refractivity contribution is 7.19. The van der Waals surface area contributed by atoms with Gasteiger partial charge in [0.15, 0.2) is 0 Å². The van der Waals surface area contributed by atoms with Crippen molar-refractivity contribution in [2.75, 3.05) is 19.6 Å². The van der Waals surface area contributed by atoms with Gasteiger partial charge in [-0.2, -0.15) is 26.8 Å². The van der Waals surface area contributed by atoms with E-state index in [1.165, 1.54) is 34.1 Å². The monoisotopic (exact) mass is 562 g/mol. The summed E-state index contributed by atoms with van der Waals surface area (Å²) in [4.78, 5) is 14.6. The molecule has 0 bridgehead atoms. The lowest BCUT2D eigenvalue weighted by Crippen LogP contribution is -2.74. The molecule has 0 unspecified atom stereocenters. The molecule has 0 atom stereocenters. The number of hydrogen-bond donors (Lipinski definition) is 0. The summed E-state index contributed by atoms with van der Waals surface area (Å²) in [5, 5.41) is 0. The third kappa shape index (κ3) is 5.70. The van der Waals surface area contributed by atoms with Crippen LogP contribution in [0, 0.1) is 6.92 Å². The van der Waals surface area contributed by atoms with Gasteiger partial charge in [-0.15, -0.1) is 0 Å². The van der Waals surface area contributed by atoms with Gasteiger partial charge >= 0.3 is 5.91 Å². The predicted octanol–water partition coefficient (Wildman–Crippen LogP) is 5.11. The molecule has 43 heavy (non-hydrogen) atoms. The van der Waals surface area contributed by atoms with Crippen LogP contribution in [-0.4, -0.2) is 47.0 Å². The SMILES string of the molecule is Cc1ccccc1C(=O)N1CCC[N+]2=C1CCC2.c1ccc([B-](c2ccccc2)(c2ccccc2)c2ccccc2)cc1. The Bertz CT molecular complexity index is 1520. The van der Waals surface area contributed by atoms with E-state index in [0.29, 0.717) is 0 Å². The second kappa shape index (κ2) is 13.1. The van der Waals surface area contributed by atoms with Gasteiger partial charge in [0.2, 0.25) is 0 Å². The van der Waals surface area contributed by atoms with E-state index < -0.39 is 6.15 Å². The van der Waals surface area contributed by atoms with Crippen LogP contribution in [0.2, 0.25) is 0 Å². The van der Waals surface area contributed by atoms with Gasteiger partial charge in [-0.3, -0.25) is 4.58 Å². The first-order valence-electron chi connectivity index (χ1n) is 15.6. The fraction of sp³-hybridized carbons (Fsp3) is 0.179. The summed E-state index contributed by atoms with van der Waals surface area (Å²) in [5.74, 6) is 1.42. The third-order valence-corrected chi connectivity index (χ3v) is 9.13. The van der Waals surface area contributed by atoms with Crippen molar-refractivity contribution in [1.29, 1.82) is 0 Å². The van der Waals surface area contributed by atoms with Crippen LogP contribution in [0.1, 0.15) is 35.2 Å². The van der Waals surface area contributed by atoms with Gasteiger partial charge in [-0.05, 0) is 25.0 Å². The van der Waals surface area contributed by atoms with E-state index in [4.69, 9.17) is 0 Å². The second-order valence-corrected chi connectivity index (χ2v) is 11.6. The Morgan fingerprint density at radius 1 is 0.581 bits per heavy atom. The second-order valence-electron chi connectivity index (χ2n) is 11.6. The van der Waals surface area contributed by atoms with Crippen molar-refractivity contribution >= 4 is 39.7 Å². The molecule has 0 radical (unpaired) electrons. The van der Waals surface area contributed by atoms with Gasteiger partial charge in [0.25, 0.3) is 5.84 Å². The first-order valence-corrected chi connectivity index (χ1v) is 15.6. The molecule has 4 heteroatoms. The summed E-state index contributed by atoms with van der Waals surface area (Å²) in [6.07, 6.45) is 2.11. The molecular formula is C39H39BN2O. The average molecular weight is 563 g/mol. The molecule has 5 aromatic rings. The minimum Gasteiger partial charge on any atom is -0.265 e. The minimum absolute atomic E-state index is 0.176. The van der Waals surface area contributed by atoms with Crippen molar-refractivity contribution in [2.45, 2.75) is 26.2 Å². The fourth-order valence-electron chi connectivity index (χ4n) is 7.11. The maximum atomic E-state index is 12.6. The molecule has 2 aliphatic rings. The van der Waals surface area contributed by atoms with Crippen molar-refractivity contribution in [1.82, 2.24) is 4.90 Å². The summed E-state index contributed by atoms with van der Waals surface area (Å²) >= 11 is 0. The number of amides is 1. The summed E-state index contributed by atoms with van der Waals surface area (Å²) in [6.45, 7) is 5.12. The number of aryl methyl sites for hydroxylation is 1. The standard InChI is InChI=1S/C24H20B.C15H19N2O/c1-5-13-21(14-6-1)25(22-15-7-2-8-16-22,23-17-9-3-10-18-23)24-19-11-4-12-20-24;1-12-6-2-3-7-13(12)15(18)17-11-5-10-16-9-4-8-14(16)17/h1-20H;2-3,6-7H,4-5,8-11H2,1H3/q-1;+1. The Morgan fingerprint density at radius 2 is 1.00 bits per heavy atom. The zero-order valence-electron chi connectivity index (χ0n) is 25.0. The molecule has 214 valence electrons. The molecule has 1 amide bonds. The highest BCUT2D eigenvalue weighted by Crippen LogP contribution is 2.19. The van der Waals surface area contributed by atoms with E-state index in [1.807, 2.05) is 36.1 Å². The van der Waals surface area contributed by atoms with E-state index in [9.17, 15) is 4.79 Å². The number of carbonyl (C=O) groups is 1. The Kier molecular flexibility index (Phi) is 8.65. The number of amidine groups is 1. The number of rotatable bonds is 5. The van der Waals surface area contributed by atoms with Crippen molar-refractivity contribution in [3.8, 4) is 0 Å². The van der Waals surface area contributed by atoms with E-state index in [0.717, 1.165) is 43.6 Å². The highest BCUT2D eigenvalue weighted by Gasteiger charge is 2.36. The Balaban J connectivity index is 0.000000162. The molecule has 7 rings (SSSR count). The van der Waals surface area contributed by atoms with Gasteiger partial charge < -0.3 is 0 Å². The van der Waals surface area contributed by atoms with E-state index in [-0.39, 0.29) is 5.91 Å². The van der Waals surface area contributed by atoms with Gasteiger partial charge in [0.05, 0.1) is 31.6 Å². The Morgan fingerprint density at radius 3 is 1.47 bits per heavy atom. The van der Waals surface area contributed by atoms with Crippen molar-refractivity contribution in [3.63, 3.8) is 0 Å². The molecule has 0 N–H and O–H groups in total. The molecule has 3 nitrogen and oxygen atoms in total. The lowest BCUT2D eigenvalue weighted by Gasteiger charge is -2.44. The highest BCUT2D eigenvalue weighted by atomic mass is 16.2. The molecule has 5 aromatic carbocycles. The topological polar surface area (TPSA) is 23.3 Å². The molecular weight excluding hydrogens is 523 g/mol. The lowest BCUT2D eigenvalue weighted by atomic mass is 9.13. The van der Waals surface area contributed by atoms with E-state index in [2.05, 4.69) is 126 Å². The molecule has 0 spiro atoms. The maximum absolute atomic E-state index is 12.6. The smallest absolute Gasteiger partial charge is 0.265 e. The number of benzene rings is 5. The molecule has 2 heterocycles. The number of nitrogens with zero attached hydrogens (tertiary/aromatic N) is 2. The Hall–Kier alpha value is -4.70. The zero-order valence-corrected chi connectivity index (χ0v) is 25.0. The van der Waals surface area contributed by atoms with Crippen molar-refractivity contribution in [3.05, 3.63) is 157 Å². The molecule has 0 saturated carbocycles. The van der Waals surface area contributed by atoms with Crippen LogP contribution in [-0.2, 0) is 0 Å². The molecule has 0 saturated heterocycles. The minimum atomic E-state index is -1.22. The van der Waals surface area contributed by atoms with Crippen LogP contribution < -0.4 is 21.9 Å². The van der Waals surface area contributed by atoms with Gasteiger partial charge in [0, 0.05) is 6.42 Å². The lowest BCUT2D eigenvalue weighted by molar-refractivity contribution is -0.528. The first kappa shape index (κ1) is 28.4. The first-order chi connectivity index (χ1) is 21.2. The van der Waals surface area contributed by atoms with E-state index >= 15 is 0 Å². The summed E-state index contributed by atoms with van der Waals surface area (Å²) in [6, 6.07) is 51.4. The van der Waals surface area contributed by atoms with Crippen molar-refractivity contribution in [2.24, 2.45) is 0 Å². The molecule has 2 aliphatic heterocycles. The average Bonchev–Trinajstić information content (AvgIpc) is 3.57. The third-order valence-electron chi connectivity index (χ3n) is 9.13. The van der Waals surface area contributed by atoms with Crippen LogP contribution in [0.5, 0.6) is 0 Å². The normalized spacial score (nSPS) is 14.5. The summed E-state index contributed by atoms with van der Waals surface area (Å²) in [5.41, 5.74) is 7.27. The van der Waals surface area contributed by atoms with E-state index in [1.54, 1.807) is 0 Å². The summed E-state index contributed by atoms with van der Waals surface area (Å²) in [7, 11) is 0. The molecule has 0 aliphatic carbocycles. The van der Waals surface area contributed by atoms with Crippen LogP contribution in [0.3, 0.4) is 0 Å². The van der Waals surface area contributed by atoms with Crippen LogP contribution in [0.15, 0.2) is 146 Å². The quantitative estimate of drug-likeness (QED) is 0.216. The van der Waals surface area contributed by atoms with Crippen molar-refractivity contribution < 1.29 is 9.37 Å². The van der Waals surface area contributed by atoms with Gasteiger partial charge in [-0.1, -0.05) is 140 Å². The zero-order chi connectivity index (χ0) is 29.5.